The highest BCUT2D eigenvalue weighted by atomic mass is 16.6. The lowest BCUT2D eigenvalue weighted by atomic mass is 10.2. The van der Waals surface area contributed by atoms with Crippen molar-refractivity contribution in [3.05, 3.63) is 0 Å². The second-order valence-electron chi connectivity index (χ2n) is 7.20. The Morgan fingerprint density at radius 2 is 1.81 bits per heavy atom. The van der Waals surface area contributed by atoms with Crippen LogP contribution in [0.25, 0.3) is 0 Å². The minimum atomic E-state index is -1.10. The van der Waals surface area contributed by atoms with Gasteiger partial charge in [-0.05, 0) is 33.6 Å². The third-order valence-corrected chi connectivity index (χ3v) is 3.57. The number of ether oxygens (including phenoxy) is 2. The van der Waals surface area contributed by atoms with Crippen molar-refractivity contribution >= 4 is 23.9 Å². The number of carbonyl (C=O) groups is 4. The van der Waals surface area contributed by atoms with Gasteiger partial charge in [0.05, 0.1) is 6.54 Å². The van der Waals surface area contributed by atoms with Crippen molar-refractivity contribution in [1.29, 1.82) is 0 Å². The first kappa shape index (κ1) is 21.7. The van der Waals surface area contributed by atoms with E-state index in [1.165, 1.54) is 4.90 Å². The van der Waals surface area contributed by atoms with Gasteiger partial charge in [0, 0.05) is 25.8 Å². The van der Waals surface area contributed by atoms with Crippen LogP contribution in [0.5, 0.6) is 0 Å². The van der Waals surface area contributed by atoms with Crippen molar-refractivity contribution in [3.8, 4) is 0 Å². The molecule has 0 saturated carbocycles. The molecule has 0 aromatic heterocycles. The molecule has 0 radical (unpaired) electrons. The smallest absolute Gasteiger partial charge is 0.410 e. The summed E-state index contributed by atoms with van der Waals surface area (Å²) in [6, 6.07) is 0. The lowest BCUT2D eigenvalue weighted by molar-refractivity contribution is -0.148. The number of aliphatic carboxylic acids is 1. The zero-order valence-corrected chi connectivity index (χ0v) is 15.6. The maximum absolute atomic E-state index is 12.0. The van der Waals surface area contributed by atoms with Gasteiger partial charge in [0.1, 0.15) is 18.2 Å². The van der Waals surface area contributed by atoms with E-state index in [4.69, 9.17) is 14.6 Å². The maximum Gasteiger partial charge on any atom is 0.410 e. The third kappa shape index (κ3) is 9.24. The van der Waals surface area contributed by atoms with Crippen molar-refractivity contribution in [2.75, 3.05) is 19.6 Å². The van der Waals surface area contributed by atoms with E-state index in [9.17, 15) is 19.2 Å². The second-order valence-corrected chi connectivity index (χ2v) is 7.20. The van der Waals surface area contributed by atoms with Crippen LogP contribution >= 0.6 is 0 Å². The van der Waals surface area contributed by atoms with E-state index in [-0.39, 0.29) is 30.8 Å². The van der Waals surface area contributed by atoms with Crippen molar-refractivity contribution in [2.45, 2.75) is 64.6 Å². The highest BCUT2D eigenvalue weighted by molar-refractivity contribution is 5.81. The number of esters is 1. The number of likely N-dealkylation sites (tertiary alicyclic amines) is 1. The molecule has 1 fully saturated rings. The van der Waals surface area contributed by atoms with Crippen molar-refractivity contribution < 1.29 is 33.8 Å². The standard InChI is InChI=1S/C17H28N2O7/c1-17(2,3)26-16(24)19-9-8-12(11-19)25-15(23)7-5-4-6-13(20)18-10-14(21)22/h12H,4-11H2,1-3H3,(H,18,20)(H,21,22). The number of nitrogens with one attached hydrogen (secondary N) is 1. The molecule has 0 aliphatic carbocycles. The number of carbonyl (C=O) groups excluding carboxylic acids is 3. The number of hydrogen-bond donors (Lipinski definition) is 2. The lowest BCUT2D eigenvalue weighted by Gasteiger charge is -2.24. The molecule has 148 valence electrons. The fraction of sp³-hybridized carbons (Fsp3) is 0.765. The van der Waals surface area contributed by atoms with E-state index in [1.54, 1.807) is 20.8 Å². The maximum atomic E-state index is 12.0. The highest BCUT2D eigenvalue weighted by Crippen LogP contribution is 2.18. The largest absolute Gasteiger partial charge is 0.480 e. The Hall–Kier alpha value is -2.32. The van der Waals surface area contributed by atoms with Gasteiger partial charge in [-0.25, -0.2) is 4.79 Å². The monoisotopic (exact) mass is 372 g/mol. The molecule has 1 heterocycles. The van der Waals surface area contributed by atoms with Crippen LogP contribution in [0, 0.1) is 0 Å². The third-order valence-electron chi connectivity index (χ3n) is 3.57. The van der Waals surface area contributed by atoms with E-state index in [2.05, 4.69) is 5.32 Å². The normalized spacial score (nSPS) is 16.9. The molecule has 1 rings (SSSR count). The number of amides is 2. The average molecular weight is 372 g/mol. The summed E-state index contributed by atoms with van der Waals surface area (Å²) >= 11 is 0. The van der Waals surface area contributed by atoms with Crippen LogP contribution in [0.4, 0.5) is 4.79 Å². The Kier molecular flexibility index (Phi) is 8.34. The van der Waals surface area contributed by atoms with Gasteiger partial charge in [-0.3, -0.25) is 14.4 Å². The predicted octanol–water partition coefficient (Wildman–Crippen LogP) is 1.30. The van der Waals surface area contributed by atoms with Crippen LogP contribution in [-0.4, -0.2) is 65.3 Å². The average Bonchev–Trinajstić information content (AvgIpc) is 2.96. The Bertz CT molecular complexity index is 528. The molecule has 2 N–H and O–H groups in total. The molecule has 1 atom stereocenters. The molecule has 9 heteroatoms. The number of rotatable bonds is 8. The molecule has 9 nitrogen and oxygen atoms in total. The SMILES string of the molecule is CC(C)(C)OC(=O)N1CCC(OC(=O)CCCCC(=O)NCC(=O)O)C1. The van der Waals surface area contributed by atoms with E-state index in [0.29, 0.717) is 32.4 Å². The molecule has 0 aromatic carbocycles. The second kappa shape index (κ2) is 9.98. The summed E-state index contributed by atoms with van der Waals surface area (Å²) in [5.41, 5.74) is -0.567. The Balaban J connectivity index is 2.17. The summed E-state index contributed by atoms with van der Waals surface area (Å²) in [6.45, 7) is 5.77. The van der Waals surface area contributed by atoms with Gasteiger partial charge in [0.2, 0.25) is 5.91 Å². The molecule has 2 amide bonds. The molecule has 0 bridgehead atoms. The molecule has 1 aliphatic rings. The summed E-state index contributed by atoms with van der Waals surface area (Å²) in [7, 11) is 0. The molecule has 0 spiro atoms. The van der Waals surface area contributed by atoms with Gasteiger partial charge in [-0.2, -0.15) is 0 Å². The molecule has 0 aromatic rings. The number of nitrogens with zero attached hydrogens (tertiary/aromatic N) is 1. The quantitative estimate of drug-likeness (QED) is 0.486. The highest BCUT2D eigenvalue weighted by Gasteiger charge is 2.31. The predicted molar refractivity (Wildman–Crippen MR) is 91.4 cm³/mol. The van der Waals surface area contributed by atoms with Gasteiger partial charge in [-0.1, -0.05) is 0 Å². The van der Waals surface area contributed by atoms with Gasteiger partial charge < -0.3 is 24.8 Å². The lowest BCUT2D eigenvalue weighted by Crippen LogP contribution is -2.36. The Morgan fingerprint density at radius 3 is 2.42 bits per heavy atom. The van der Waals surface area contributed by atoms with Crippen molar-refractivity contribution in [3.63, 3.8) is 0 Å². The van der Waals surface area contributed by atoms with Crippen LogP contribution in [0.15, 0.2) is 0 Å². The fourth-order valence-corrected chi connectivity index (χ4v) is 2.38. The van der Waals surface area contributed by atoms with E-state index < -0.39 is 24.2 Å². The summed E-state index contributed by atoms with van der Waals surface area (Å²) in [4.78, 5) is 46.9. The molecule has 26 heavy (non-hydrogen) atoms. The van der Waals surface area contributed by atoms with E-state index in [1.807, 2.05) is 0 Å². The van der Waals surface area contributed by atoms with Crippen LogP contribution in [0.3, 0.4) is 0 Å². The first-order valence-corrected chi connectivity index (χ1v) is 8.72. The molecule has 1 saturated heterocycles. The molecule has 1 aliphatic heterocycles. The molecule has 1 unspecified atom stereocenters. The van der Waals surface area contributed by atoms with Crippen molar-refractivity contribution in [2.24, 2.45) is 0 Å². The summed E-state index contributed by atoms with van der Waals surface area (Å²) in [5, 5.41) is 10.7. The summed E-state index contributed by atoms with van der Waals surface area (Å²) in [5.74, 6) is -1.82. The summed E-state index contributed by atoms with van der Waals surface area (Å²) in [6.07, 6.45) is 1.10. The number of hydrogen-bond acceptors (Lipinski definition) is 6. The van der Waals surface area contributed by atoms with Gasteiger partial charge in [-0.15, -0.1) is 0 Å². The summed E-state index contributed by atoms with van der Waals surface area (Å²) < 4.78 is 10.6. The zero-order valence-electron chi connectivity index (χ0n) is 15.6. The zero-order chi connectivity index (χ0) is 19.7. The van der Waals surface area contributed by atoms with Crippen LogP contribution < -0.4 is 5.32 Å². The van der Waals surface area contributed by atoms with Crippen LogP contribution in [0.2, 0.25) is 0 Å². The number of unbranched alkanes of at least 4 members (excludes halogenated alkanes) is 1. The van der Waals surface area contributed by atoms with Crippen molar-refractivity contribution in [1.82, 2.24) is 10.2 Å². The van der Waals surface area contributed by atoms with Gasteiger partial charge >= 0.3 is 18.0 Å². The number of carboxylic acid groups (broad SMARTS) is 1. The van der Waals surface area contributed by atoms with Crippen LogP contribution in [-0.2, 0) is 23.9 Å². The van der Waals surface area contributed by atoms with Gasteiger partial charge in [0.15, 0.2) is 0 Å². The molecular formula is C17H28N2O7. The van der Waals surface area contributed by atoms with E-state index in [0.717, 1.165) is 0 Å². The number of carboxylic acids is 1. The minimum absolute atomic E-state index is 0.163. The minimum Gasteiger partial charge on any atom is -0.480 e. The van der Waals surface area contributed by atoms with Crippen LogP contribution in [0.1, 0.15) is 52.9 Å². The fourth-order valence-electron chi connectivity index (χ4n) is 2.38. The Labute approximate surface area is 153 Å². The topological polar surface area (TPSA) is 122 Å². The first-order chi connectivity index (χ1) is 12.1. The first-order valence-electron chi connectivity index (χ1n) is 8.72. The van der Waals surface area contributed by atoms with E-state index >= 15 is 0 Å². The van der Waals surface area contributed by atoms with Gasteiger partial charge in [0.25, 0.3) is 0 Å². The molecular weight excluding hydrogens is 344 g/mol. The Morgan fingerprint density at radius 1 is 1.15 bits per heavy atom.